The molecule has 0 saturated carbocycles. The van der Waals surface area contributed by atoms with Crippen molar-refractivity contribution >= 4 is 28.2 Å². The van der Waals surface area contributed by atoms with Gasteiger partial charge in [-0.2, -0.15) is 0 Å². The first kappa shape index (κ1) is 21.8. The maximum Gasteiger partial charge on any atom is 0.348 e. The number of carbonyl (C=O) groups excluding carboxylic acids is 2. The quantitative estimate of drug-likeness (QED) is 0.639. The van der Waals surface area contributed by atoms with Crippen LogP contribution in [0.1, 0.15) is 34.6 Å². The number of rotatable bonds is 9. The van der Waals surface area contributed by atoms with E-state index in [1.807, 2.05) is 11.8 Å². The molecule has 1 N–H and O–H groups in total. The van der Waals surface area contributed by atoms with Gasteiger partial charge in [-0.1, -0.05) is 13.0 Å². The van der Waals surface area contributed by atoms with E-state index in [1.54, 1.807) is 32.0 Å². The van der Waals surface area contributed by atoms with Gasteiger partial charge in [-0.25, -0.2) is 9.18 Å². The van der Waals surface area contributed by atoms with Crippen LogP contribution < -0.4 is 10.1 Å². The molecule has 2 aromatic rings. The zero-order chi connectivity index (χ0) is 20.7. The van der Waals surface area contributed by atoms with Crippen molar-refractivity contribution < 1.29 is 23.5 Å². The molecule has 0 saturated heterocycles. The van der Waals surface area contributed by atoms with Crippen LogP contribution in [0, 0.1) is 12.7 Å². The minimum atomic E-state index is -0.430. The van der Waals surface area contributed by atoms with Crippen LogP contribution >= 0.6 is 11.3 Å². The number of carbonyl (C=O) groups is 2. The second-order valence-corrected chi connectivity index (χ2v) is 7.22. The van der Waals surface area contributed by atoms with Gasteiger partial charge < -0.3 is 14.8 Å². The number of esters is 1. The topological polar surface area (TPSA) is 67.9 Å². The van der Waals surface area contributed by atoms with E-state index in [0.29, 0.717) is 29.6 Å². The zero-order valence-corrected chi connectivity index (χ0v) is 17.3. The first-order valence-electron chi connectivity index (χ1n) is 9.00. The lowest BCUT2D eigenvalue weighted by atomic mass is 10.2. The summed E-state index contributed by atoms with van der Waals surface area (Å²) >= 11 is 1.19. The van der Waals surface area contributed by atoms with Gasteiger partial charge in [0.25, 0.3) is 0 Å². The Morgan fingerprint density at radius 2 is 2.00 bits per heavy atom. The molecular weight excluding hydrogens is 383 g/mol. The summed E-state index contributed by atoms with van der Waals surface area (Å²) in [5, 5.41) is 3.41. The molecule has 152 valence electrons. The van der Waals surface area contributed by atoms with Crippen molar-refractivity contribution in [2.24, 2.45) is 0 Å². The third kappa shape index (κ3) is 5.77. The monoisotopic (exact) mass is 408 g/mol. The van der Waals surface area contributed by atoms with Gasteiger partial charge in [-0.05, 0) is 49.7 Å². The van der Waals surface area contributed by atoms with E-state index in [4.69, 9.17) is 9.47 Å². The Kier molecular flexibility index (Phi) is 7.95. The van der Waals surface area contributed by atoms with E-state index in [2.05, 4.69) is 5.32 Å². The molecule has 1 heterocycles. The highest BCUT2D eigenvalue weighted by molar-refractivity contribution is 7.18. The largest absolute Gasteiger partial charge is 0.494 e. The number of nitrogens with zero attached hydrogens (tertiary/aromatic N) is 1. The van der Waals surface area contributed by atoms with Crippen LogP contribution in [0.15, 0.2) is 24.3 Å². The molecule has 1 amide bonds. The normalized spacial score (nSPS) is 10.8. The fourth-order valence-electron chi connectivity index (χ4n) is 2.67. The molecule has 2 rings (SSSR count). The molecule has 0 unspecified atom stereocenters. The summed E-state index contributed by atoms with van der Waals surface area (Å²) in [7, 11) is 1.42. The number of anilines is 1. The van der Waals surface area contributed by atoms with Crippen molar-refractivity contribution in [2.75, 3.05) is 32.1 Å². The van der Waals surface area contributed by atoms with Crippen LogP contribution in [0.5, 0.6) is 5.75 Å². The van der Waals surface area contributed by atoms with Gasteiger partial charge in [0.05, 0.1) is 25.3 Å². The van der Waals surface area contributed by atoms with E-state index in [9.17, 15) is 14.0 Å². The van der Waals surface area contributed by atoms with Crippen LogP contribution in [0.2, 0.25) is 0 Å². The lowest BCUT2D eigenvalue weighted by Crippen LogP contribution is -2.32. The lowest BCUT2D eigenvalue weighted by Gasteiger charge is -2.20. The summed E-state index contributed by atoms with van der Waals surface area (Å²) in [6, 6.07) is 6.51. The minimum absolute atomic E-state index is 0.149. The highest BCUT2D eigenvalue weighted by Gasteiger charge is 2.17. The molecule has 0 radical (unpaired) electrons. The van der Waals surface area contributed by atoms with E-state index in [1.165, 1.54) is 24.5 Å². The second-order valence-electron chi connectivity index (χ2n) is 6.16. The van der Waals surface area contributed by atoms with Crippen LogP contribution in [0.4, 0.5) is 9.39 Å². The van der Waals surface area contributed by atoms with E-state index in [-0.39, 0.29) is 24.2 Å². The average molecular weight is 408 g/mol. The molecule has 1 aromatic heterocycles. The fraction of sp³-hybridized carbons (Fsp3) is 0.400. The second kappa shape index (κ2) is 10.2. The number of likely N-dealkylation sites (N-methyl/N-ethyl adjacent to an activating group) is 1. The van der Waals surface area contributed by atoms with E-state index >= 15 is 0 Å². The van der Waals surface area contributed by atoms with Crippen molar-refractivity contribution in [1.82, 2.24) is 4.90 Å². The van der Waals surface area contributed by atoms with Crippen molar-refractivity contribution in [2.45, 2.75) is 27.3 Å². The van der Waals surface area contributed by atoms with Gasteiger partial charge in [0.1, 0.15) is 4.88 Å². The Hall–Kier alpha value is -2.45. The Bertz CT molecular complexity index is 838. The summed E-state index contributed by atoms with van der Waals surface area (Å²) in [6.45, 7) is 6.99. The molecule has 0 aliphatic rings. The Labute approximate surface area is 168 Å². The average Bonchev–Trinajstić information content (AvgIpc) is 3.01. The molecule has 0 aliphatic carbocycles. The minimum Gasteiger partial charge on any atom is -0.494 e. The number of methoxy groups -OCH3 is 1. The lowest BCUT2D eigenvalue weighted by molar-refractivity contribution is -0.117. The number of hydrogen-bond acceptors (Lipinski definition) is 6. The predicted molar refractivity (Wildman–Crippen MR) is 108 cm³/mol. The van der Waals surface area contributed by atoms with Crippen molar-refractivity contribution in [3.05, 3.63) is 46.1 Å². The first-order valence-corrected chi connectivity index (χ1v) is 9.81. The molecule has 0 spiro atoms. The van der Waals surface area contributed by atoms with Crippen molar-refractivity contribution in [3.8, 4) is 5.75 Å². The summed E-state index contributed by atoms with van der Waals surface area (Å²) in [5.74, 6) is -0.828. The zero-order valence-electron chi connectivity index (χ0n) is 16.5. The van der Waals surface area contributed by atoms with E-state index in [0.717, 1.165) is 11.1 Å². The smallest absolute Gasteiger partial charge is 0.348 e. The number of ether oxygens (including phenoxy) is 2. The first-order chi connectivity index (χ1) is 13.4. The Morgan fingerprint density at radius 1 is 1.25 bits per heavy atom. The number of thiophene rings is 1. The van der Waals surface area contributed by atoms with Crippen LogP contribution in [0.3, 0.4) is 0 Å². The summed E-state index contributed by atoms with van der Waals surface area (Å²) in [6.07, 6.45) is 0. The van der Waals surface area contributed by atoms with Gasteiger partial charge in [0.15, 0.2) is 11.6 Å². The Morgan fingerprint density at radius 3 is 2.61 bits per heavy atom. The van der Waals surface area contributed by atoms with Crippen molar-refractivity contribution in [3.63, 3.8) is 0 Å². The molecule has 28 heavy (non-hydrogen) atoms. The summed E-state index contributed by atoms with van der Waals surface area (Å²) in [4.78, 5) is 26.7. The predicted octanol–water partition coefficient (Wildman–Crippen LogP) is 3.84. The number of nitrogens with one attached hydrogen (secondary N) is 1. The van der Waals surface area contributed by atoms with E-state index < -0.39 is 5.82 Å². The maximum absolute atomic E-state index is 13.9. The van der Waals surface area contributed by atoms with Gasteiger partial charge in [-0.15, -0.1) is 11.3 Å². The number of hydrogen-bond donors (Lipinski definition) is 1. The number of benzene rings is 1. The summed E-state index contributed by atoms with van der Waals surface area (Å²) in [5.41, 5.74) is 1.52. The third-order valence-electron chi connectivity index (χ3n) is 4.08. The Balaban J connectivity index is 1.98. The SMILES string of the molecule is CCOC(=O)c1sc(NC(=O)CN(CC)Cc2ccc(OC)c(F)c2)cc1C. The van der Waals surface area contributed by atoms with Crippen LogP contribution in [-0.4, -0.2) is 43.6 Å². The molecule has 0 aliphatic heterocycles. The third-order valence-corrected chi connectivity index (χ3v) is 5.21. The molecule has 1 aromatic carbocycles. The van der Waals surface area contributed by atoms with Crippen LogP contribution in [-0.2, 0) is 16.1 Å². The standard InChI is InChI=1S/C20H25FN2O4S/c1-5-23(11-14-7-8-16(26-4)15(21)10-14)12-17(24)22-18-9-13(3)19(28-18)20(25)27-6-2/h7-10H,5-6,11-12H2,1-4H3,(H,22,24). The fourth-order valence-corrected chi connectivity index (χ4v) is 3.65. The molecule has 6 nitrogen and oxygen atoms in total. The molecule has 0 fully saturated rings. The van der Waals surface area contributed by atoms with Gasteiger partial charge in [0.2, 0.25) is 5.91 Å². The van der Waals surface area contributed by atoms with Crippen LogP contribution in [0.25, 0.3) is 0 Å². The van der Waals surface area contributed by atoms with Gasteiger partial charge in [0, 0.05) is 6.54 Å². The molecule has 0 bridgehead atoms. The number of aryl methyl sites for hydroxylation is 1. The van der Waals surface area contributed by atoms with Gasteiger partial charge in [-0.3, -0.25) is 9.69 Å². The highest BCUT2D eigenvalue weighted by atomic mass is 32.1. The van der Waals surface area contributed by atoms with Gasteiger partial charge >= 0.3 is 5.97 Å². The number of halogens is 1. The number of amides is 1. The summed E-state index contributed by atoms with van der Waals surface area (Å²) < 4.78 is 23.8. The molecular formula is C20H25FN2O4S. The molecule has 0 atom stereocenters. The maximum atomic E-state index is 13.9. The highest BCUT2D eigenvalue weighted by Crippen LogP contribution is 2.27. The molecule has 8 heteroatoms. The van der Waals surface area contributed by atoms with Crippen molar-refractivity contribution in [1.29, 1.82) is 0 Å².